The summed E-state index contributed by atoms with van der Waals surface area (Å²) in [5.41, 5.74) is 1.62. The molecule has 0 saturated carbocycles. The number of hydrogen-bond acceptors (Lipinski definition) is 5. The van der Waals surface area contributed by atoms with E-state index in [1.54, 1.807) is 18.2 Å². The zero-order valence-corrected chi connectivity index (χ0v) is 14.4. The van der Waals surface area contributed by atoms with Gasteiger partial charge in [0, 0.05) is 11.6 Å². The van der Waals surface area contributed by atoms with Crippen LogP contribution in [0.4, 0.5) is 9.52 Å². The summed E-state index contributed by atoms with van der Waals surface area (Å²) >= 11 is 1.24. The maximum absolute atomic E-state index is 13.2. The van der Waals surface area contributed by atoms with Crippen molar-refractivity contribution in [1.82, 2.24) is 14.8 Å². The van der Waals surface area contributed by atoms with Gasteiger partial charge in [-0.05, 0) is 44.2 Å². The van der Waals surface area contributed by atoms with Crippen LogP contribution in [0, 0.1) is 5.82 Å². The van der Waals surface area contributed by atoms with Gasteiger partial charge in [0.1, 0.15) is 11.5 Å². The number of halogens is 1. The summed E-state index contributed by atoms with van der Waals surface area (Å²) in [6.45, 7) is 3.73. The number of nitrogens with one attached hydrogen (secondary N) is 1. The second-order valence-electron chi connectivity index (χ2n) is 5.56. The van der Waals surface area contributed by atoms with Gasteiger partial charge < -0.3 is 5.32 Å². The monoisotopic (exact) mass is 358 g/mol. The number of carbonyl (C=O) groups is 1. The van der Waals surface area contributed by atoms with Crippen LogP contribution in [0.3, 0.4) is 0 Å². The van der Waals surface area contributed by atoms with Gasteiger partial charge in [-0.1, -0.05) is 11.3 Å². The van der Waals surface area contributed by atoms with Crippen LogP contribution in [-0.2, 0) is 4.79 Å². The second kappa shape index (κ2) is 6.94. The Morgan fingerprint density at radius 2 is 1.92 bits per heavy atom. The van der Waals surface area contributed by atoms with E-state index >= 15 is 0 Å². The van der Waals surface area contributed by atoms with Crippen LogP contribution in [0.5, 0.6) is 0 Å². The summed E-state index contributed by atoms with van der Waals surface area (Å²) in [5.74, 6) is -0.349. The van der Waals surface area contributed by atoms with Gasteiger partial charge in [-0.2, -0.15) is 5.10 Å². The number of amides is 1. The van der Waals surface area contributed by atoms with Crippen LogP contribution < -0.4 is 10.9 Å². The van der Waals surface area contributed by atoms with Crippen LogP contribution in [0.15, 0.2) is 41.2 Å². The molecule has 1 N–H and O–H groups in total. The standard InChI is InChI=1S/C17H15FN4O2S/c1-10(2)22-14(24)8-7-13(21-22)16-15(20-17(25-16)19-9-23)11-3-5-12(18)6-4-11/h3-10H,1-2H3,(H,19,20,23). The lowest BCUT2D eigenvalue weighted by atomic mass is 10.1. The van der Waals surface area contributed by atoms with Crippen molar-refractivity contribution in [2.24, 2.45) is 0 Å². The molecule has 0 unspecified atom stereocenters. The minimum atomic E-state index is -0.349. The molecule has 0 aliphatic heterocycles. The highest BCUT2D eigenvalue weighted by Crippen LogP contribution is 2.37. The van der Waals surface area contributed by atoms with Crippen LogP contribution in [0.1, 0.15) is 19.9 Å². The molecular formula is C17H15FN4O2S. The fourth-order valence-electron chi connectivity index (χ4n) is 2.33. The van der Waals surface area contributed by atoms with Crippen LogP contribution >= 0.6 is 11.3 Å². The Labute approximate surface area is 147 Å². The molecule has 2 aromatic heterocycles. The molecule has 1 amide bonds. The maximum Gasteiger partial charge on any atom is 0.267 e. The Hall–Kier alpha value is -2.87. The van der Waals surface area contributed by atoms with E-state index < -0.39 is 0 Å². The molecule has 0 atom stereocenters. The number of benzene rings is 1. The van der Waals surface area contributed by atoms with Crippen LogP contribution in [-0.4, -0.2) is 21.2 Å². The van der Waals surface area contributed by atoms with Gasteiger partial charge in [0.15, 0.2) is 5.13 Å². The molecule has 0 saturated heterocycles. The molecule has 25 heavy (non-hydrogen) atoms. The summed E-state index contributed by atoms with van der Waals surface area (Å²) in [6, 6.07) is 8.87. The first-order valence-corrected chi connectivity index (χ1v) is 8.38. The van der Waals surface area contributed by atoms with Crippen molar-refractivity contribution in [1.29, 1.82) is 0 Å². The Balaban J connectivity index is 2.18. The maximum atomic E-state index is 13.2. The average Bonchev–Trinajstić information content (AvgIpc) is 3.00. The highest BCUT2D eigenvalue weighted by Gasteiger charge is 2.17. The number of carbonyl (C=O) groups excluding carboxylic acids is 1. The molecule has 8 heteroatoms. The topological polar surface area (TPSA) is 76.9 Å². The molecule has 0 aliphatic rings. The summed E-state index contributed by atoms with van der Waals surface area (Å²) in [6.07, 6.45) is 0.541. The number of aromatic nitrogens is 3. The van der Waals surface area contributed by atoms with Gasteiger partial charge in [-0.15, -0.1) is 0 Å². The molecule has 0 radical (unpaired) electrons. The third kappa shape index (κ3) is 3.48. The van der Waals surface area contributed by atoms with Crippen molar-refractivity contribution >= 4 is 22.9 Å². The van der Waals surface area contributed by atoms with Crippen molar-refractivity contribution < 1.29 is 9.18 Å². The first-order chi connectivity index (χ1) is 12.0. The van der Waals surface area contributed by atoms with E-state index in [4.69, 9.17) is 0 Å². The number of hydrogen-bond donors (Lipinski definition) is 1. The molecule has 0 fully saturated rings. The minimum Gasteiger partial charge on any atom is -0.305 e. The van der Waals surface area contributed by atoms with E-state index in [1.165, 1.54) is 34.2 Å². The molecule has 0 bridgehead atoms. The highest BCUT2D eigenvalue weighted by molar-refractivity contribution is 7.19. The van der Waals surface area contributed by atoms with Crippen molar-refractivity contribution in [2.75, 3.05) is 5.32 Å². The molecular weight excluding hydrogens is 343 g/mol. The van der Waals surface area contributed by atoms with Gasteiger partial charge in [-0.3, -0.25) is 9.59 Å². The van der Waals surface area contributed by atoms with Crippen molar-refractivity contribution in [3.63, 3.8) is 0 Å². The number of thiazole rings is 1. The Kier molecular flexibility index (Phi) is 4.71. The summed E-state index contributed by atoms with van der Waals surface area (Å²) in [7, 11) is 0. The van der Waals surface area contributed by atoms with Crippen molar-refractivity contribution in [3.05, 3.63) is 52.6 Å². The van der Waals surface area contributed by atoms with Gasteiger partial charge in [-0.25, -0.2) is 14.1 Å². The first-order valence-electron chi connectivity index (χ1n) is 7.57. The summed E-state index contributed by atoms with van der Waals surface area (Å²) in [5, 5.41) is 7.32. The molecule has 1 aromatic carbocycles. The van der Waals surface area contributed by atoms with E-state index in [9.17, 15) is 14.0 Å². The summed E-state index contributed by atoms with van der Waals surface area (Å²) < 4.78 is 14.6. The van der Waals surface area contributed by atoms with Crippen molar-refractivity contribution in [3.8, 4) is 21.8 Å². The Morgan fingerprint density at radius 3 is 2.56 bits per heavy atom. The SMILES string of the molecule is CC(C)n1nc(-c2sc(NC=O)nc2-c2ccc(F)cc2)ccc1=O. The fraction of sp³-hybridized carbons (Fsp3) is 0.176. The van der Waals surface area contributed by atoms with Gasteiger partial charge in [0.05, 0.1) is 16.6 Å². The quantitative estimate of drug-likeness (QED) is 0.710. The number of anilines is 1. The predicted molar refractivity (Wildman–Crippen MR) is 95.1 cm³/mol. The van der Waals surface area contributed by atoms with Crippen LogP contribution in [0.2, 0.25) is 0 Å². The second-order valence-corrected chi connectivity index (χ2v) is 6.56. The largest absolute Gasteiger partial charge is 0.305 e. The molecule has 3 aromatic rings. The number of rotatable bonds is 5. The third-order valence-electron chi connectivity index (χ3n) is 3.47. The normalized spacial score (nSPS) is 10.9. The zero-order valence-electron chi connectivity index (χ0n) is 13.6. The fourth-order valence-corrected chi connectivity index (χ4v) is 3.24. The lowest BCUT2D eigenvalue weighted by Gasteiger charge is -2.09. The minimum absolute atomic E-state index is 0.0952. The van der Waals surface area contributed by atoms with Gasteiger partial charge in [0.25, 0.3) is 5.56 Å². The smallest absolute Gasteiger partial charge is 0.267 e. The number of nitrogens with zero attached hydrogens (tertiary/aromatic N) is 3. The van der Waals surface area contributed by atoms with E-state index in [1.807, 2.05) is 13.8 Å². The Bertz CT molecular complexity index is 964. The third-order valence-corrected chi connectivity index (χ3v) is 4.48. The molecule has 0 spiro atoms. The van der Waals surface area contributed by atoms with Gasteiger partial charge >= 0.3 is 0 Å². The molecule has 0 aliphatic carbocycles. The van der Waals surface area contributed by atoms with E-state index in [0.717, 1.165) is 0 Å². The summed E-state index contributed by atoms with van der Waals surface area (Å²) in [4.78, 5) is 27.8. The predicted octanol–water partition coefficient (Wildman–Crippen LogP) is 3.32. The first kappa shape index (κ1) is 17.0. The van der Waals surface area contributed by atoms with E-state index in [0.29, 0.717) is 33.4 Å². The lowest BCUT2D eigenvalue weighted by Crippen LogP contribution is -2.23. The molecule has 3 rings (SSSR count). The van der Waals surface area contributed by atoms with Crippen LogP contribution in [0.25, 0.3) is 21.8 Å². The highest BCUT2D eigenvalue weighted by atomic mass is 32.1. The molecule has 2 heterocycles. The van der Waals surface area contributed by atoms with Crippen molar-refractivity contribution in [2.45, 2.75) is 19.9 Å². The average molecular weight is 358 g/mol. The molecule has 128 valence electrons. The van der Waals surface area contributed by atoms with E-state index in [2.05, 4.69) is 15.4 Å². The lowest BCUT2D eigenvalue weighted by molar-refractivity contribution is -0.105. The van der Waals surface area contributed by atoms with E-state index in [-0.39, 0.29) is 17.4 Å². The van der Waals surface area contributed by atoms with Gasteiger partial charge in [0.2, 0.25) is 6.41 Å². The zero-order chi connectivity index (χ0) is 18.0. The molecule has 6 nitrogen and oxygen atoms in total. The Morgan fingerprint density at radius 1 is 1.20 bits per heavy atom.